The van der Waals surface area contributed by atoms with E-state index >= 15 is 0 Å². The van der Waals surface area contributed by atoms with E-state index < -0.39 is 0 Å². The van der Waals surface area contributed by atoms with Gasteiger partial charge in [0.1, 0.15) is 17.4 Å². The number of hydroxylamine groups is 2. The van der Waals surface area contributed by atoms with E-state index in [0.717, 1.165) is 27.9 Å². The first-order valence-electron chi connectivity index (χ1n) is 5.45. The minimum Gasteiger partial charge on any atom is -0.326 e. The third-order valence-electron chi connectivity index (χ3n) is 2.82. The first-order valence-corrected chi connectivity index (χ1v) is 6.24. The molecule has 1 saturated heterocycles. The number of rotatable bonds is 2. The number of fused-ring (bicyclic) bond motifs is 1. The molecule has 17 heavy (non-hydrogen) atoms. The van der Waals surface area contributed by atoms with E-state index in [9.17, 15) is 0 Å². The maximum Gasteiger partial charge on any atom is 0.131 e. The summed E-state index contributed by atoms with van der Waals surface area (Å²) in [4.78, 5) is 13.7. The van der Waals surface area contributed by atoms with Crippen molar-refractivity contribution in [2.45, 2.75) is 19.5 Å². The third-order valence-corrected chi connectivity index (χ3v) is 3.40. The molecule has 3 heterocycles. The summed E-state index contributed by atoms with van der Waals surface area (Å²) in [6, 6.07) is 0.0641. The Labute approximate surface area is 106 Å². The second-order valence-corrected chi connectivity index (χ2v) is 4.68. The van der Waals surface area contributed by atoms with Crippen molar-refractivity contribution in [1.82, 2.24) is 25.5 Å². The molecule has 2 aromatic rings. The fourth-order valence-electron chi connectivity index (χ4n) is 2.07. The molecule has 1 unspecified atom stereocenters. The van der Waals surface area contributed by atoms with E-state index in [1.807, 2.05) is 0 Å². The number of hydrogen-bond donors (Lipinski definition) is 2. The van der Waals surface area contributed by atoms with Crippen LogP contribution in [0.2, 0.25) is 0 Å². The molecule has 0 radical (unpaired) electrons. The quantitative estimate of drug-likeness (QED) is 0.875. The average Bonchev–Trinajstić information content (AvgIpc) is 2.95. The Morgan fingerprint density at radius 2 is 2.47 bits per heavy atom. The highest BCUT2D eigenvalue weighted by molar-refractivity contribution is 9.10. The number of imidazole rings is 1. The van der Waals surface area contributed by atoms with Gasteiger partial charge in [0.2, 0.25) is 0 Å². The van der Waals surface area contributed by atoms with Crippen LogP contribution in [0.3, 0.4) is 0 Å². The molecule has 1 atom stereocenters. The van der Waals surface area contributed by atoms with Crippen LogP contribution in [-0.2, 0) is 11.5 Å². The van der Waals surface area contributed by atoms with Crippen LogP contribution in [0.4, 0.5) is 0 Å². The molecule has 1 aliphatic heterocycles. The summed E-state index contributed by atoms with van der Waals surface area (Å²) in [5.74, 6) is 0.959. The van der Waals surface area contributed by atoms with E-state index in [2.05, 4.69) is 48.3 Å². The van der Waals surface area contributed by atoms with Gasteiger partial charge in [0, 0.05) is 19.3 Å². The predicted molar refractivity (Wildman–Crippen MR) is 65.9 cm³/mol. The Kier molecular flexibility index (Phi) is 2.83. The number of aromatic nitrogens is 3. The lowest BCUT2D eigenvalue weighted by molar-refractivity contribution is 0.0137. The van der Waals surface area contributed by atoms with E-state index in [0.29, 0.717) is 6.54 Å². The summed E-state index contributed by atoms with van der Waals surface area (Å²) in [7, 11) is 0. The van der Waals surface area contributed by atoms with E-state index in [4.69, 9.17) is 4.94 Å². The molecule has 0 aliphatic carbocycles. The molecule has 0 aromatic carbocycles. The number of pyridine rings is 1. The van der Waals surface area contributed by atoms with Crippen molar-refractivity contribution in [2.24, 2.45) is 0 Å². The second-order valence-electron chi connectivity index (χ2n) is 3.82. The lowest BCUT2D eigenvalue weighted by atomic mass is 10.3. The fraction of sp³-hybridized carbons (Fsp3) is 0.400. The van der Waals surface area contributed by atoms with Crippen LogP contribution in [0.1, 0.15) is 18.8 Å². The summed E-state index contributed by atoms with van der Waals surface area (Å²) in [5.41, 5.74) is 7.66. The number of halogens is 1. The van der Waals surface area contributed by atoms with Crippen LogP contribution >= 0.6 is 15.9 Å². The average molecular weight is 298 g/mol. The van der Waals surface area contributed by atoms with Gasteiger partial charge in [-0.1, -0.05) is 0 Å². The van der Waals surface area contributed by atoms with E-state index in [1.165, 1.54) is 0 Å². The van der Waals surface area contributed by atoms with Crippen molar-refractivity contribution in [3.63, 3.8) is 0 Å². The van der Waals surface area contributed by atoms with Crippen LogP contribution in [0.5, 0.6) is 0 Å². The van der Waals surface area contributed by atoms with Gasteiger partial charge in [-0.25, -0.2) is 9.92 Å². The van der Waals surface area contributed by atoms with Gasteiger partial charge in [0.15, 0.2) is 0 Å². The van der Waals surface area contributed by atoms with Crippen molar-refractivity contribution in [3.8, 4) is 0 Å². The highest BCUT2D eigenvalue weighted by Crippen LogP contribution is 2.26. The Morgan fingerprint density at radius 3 is 3.18 bits per heavy atom. The van der Waals surface area contributed by atoms with Gasteiger partial charge in [-0.05, 0) is 22.9 Å². The minimum atomic E-state index is 0.0641. The summed E-state index contributed by atoms with van der Waals surface area (Å²) >= 11 is 3.52. The maximum atomic E-state index is 4.96. The van der Waals surface area contributed by atoms with Crippen molar-refractivity contribution in [2.75, 3.05) is 6.54 Å². The highest BCUT2D eigenvalue weighted by Gasteiger charge is 2.24. The number of nitrogens with one attached hydrogen (secondary N) is 2. The number of hydrogen-bond acceptors (Lipinski definition) is 5. The molecule has 2 N–H and O–H groups in total. The summed E-state index contributed by atoms with van der Waals surface area (Å²) < 4.78 is 3.12. The highest BCUT2D eigenvalue weighted by atomic mass is 79.9. The maximum absolute atomic E-state index is 4.96. The second kappa shape index (κ2) is 4.34. The first kappa shape index (κ1) is 11.1. The van der Waals surface area contributed by atoms with Crippen LogP contribution < -0.4 is 11.0 Å². The number of nitrogens with zero attached hydrogens (tertiary/aromatic N) is 3. The first-order chi connectivity index (χ1) is 8.31. The normalized spacial score (nSPS) is 20.2. The molecule has 7 heteroatoms. The summed E-state index contributed by atoms with van der Waals surface area (Å²) in [6.45, 7) is 3.65. The van der Waals surface area contributed by atoms with Crippen molar-refractivity contribution >= 4 is 27.0 Å². The Hall–Kier alpha value is -1.02. The van der Waals surface area contributed by atoms with Crippen LogP contribution in [0.25, 0.3) is 11.0 Å². The number of aryl methyl sites for hydroxylation is 1. The summed E-state index contributed by atoms with van der Waals surface area (Å²) in [6.07, 6.45) is 3.57. The van der Waals surface area contributed by atoms with Gasteiger partial charge in [-0.3, -0.25) is 4.98 Å². The molecule has 6 nitrogen and oxygen atoms in total. The zero-order valence-corrected chi connectivity index (χ0v) is 10.9. The minimum absolute atomic E-state index is 0.0641. The van der Waals surface area contributed by atoms with Crippen LogP contribution in [0.15, 0.2) is 16.9 Å². The molecular weight excluding hydrogens is 286 g/mol. The molecule has 1 fully saturated rings. The molecular formula is C10H12BrN5O. The molecule has 0 bridgehead atoms. The zero-order valence-electron chi connectivity index (χ0n) is 9.27. The van der Waals surface area contributed by atoms with Crippen LogP contribution in [-0.4, -0.2) is 21.1 Å². The smallest absolute Gasteiger partial charge is 0.131 e. The molecule has 1 aliphatic rings. The van der Waals surface area contributed by atoms with Crippen LogP contribution in [0, 0.1) is 0 Å². The van der Waals surface area contributed by atoms with Gasteiger partial charge in [0.05, 0.1) is 16.2 Å². The zero-order chi connectivity index (χ0) is 11.8. The van der Waals surface area contributed by atoms with E-state index in [-0.39, 0.29) is 6.04 Å². The van der Waals surface area contributed by atoms with Gasteiger partial charge < -0.3 is 4.57 Å². The molecule has 3 rings (SSSR count). The Balaban J connectivity index is 2.20. The van der Waals surface area contributed by atoms with E-state index in [1.54, 1.807) is 12.4 Å². The van der Waals surface area contributed by atoms with Crippen molar-refractivity contribution < 1.29 is 4.94 Å². The predicted octanol–water partition coefficient (Wildman–Crippen LogP) is 1.29. The van der Waals surface area contributed by atoms with Crippen molar-refractivity contribution in [3.05, 3.63) is 22.7 Å². The molecule has 0 amide bonds. The Morgan fingerprint density at radius 1 is 1.59 bits per heavy atom. The Bertz CT molecular complexity index is 549. The van der Waals surface area contributed by atoms with Gasteiger partial charge >= 0.3 is 0 Å². The fourth-order valence-corrected chi connectivity index (χ4v) is 2.61. The molecule has 90 valence electrons. The SMILES string of the molecule is CCn1c(C2CNON2)nc2cncc(Br)c21. The topological polar surface area (TPSA) is 64.0 Å². The third kappa shape index (κ3) is 1.75. The molecule has 2 aromatic heterocycles. The molecule has 0 saturated carbocycles. The molecule has 0 spiro atoms. The van der Waals surface area contributed by atoms with Gasteiger partial charge in [-0.15, -0.1) is 0 Å². The standard InChI is InChI=1S/C10H12BrN5O/c1-2-16-9-6(11)3-12-4-7(9)14-10(16)8-5-13-17-15-8/h3-4,8,13,15H,2,5H2,1H3. The van der Waals surface area contributed by atoms with Gasteiger partial charge in [0.25, 0.3) is 0 Å². The lowest BCUT2D eigenvalue weighted by Crippen LogP contribution is -2.18. The largest absolute Gasteiger partial charge is 0.326 e. The van der Waals surface area contributed by atoms with Gasteiger partial charge in [-0.2, -0.15) is 11.0 Å². The van der Waals surface area contributed by atoms with Crippen molar-refractivity contribution in [1.29, 1.82) is 0 Å². The lowest BCUT2D eigenvalue weighted by Gasteiger charge is -2.10. The summed E-state index contributed by atoms with van der Waals surface area (Å²) in [5, 5.41) is 0. The monoisotopic (exact) mass is 297 g/mol.